The number of aliphatic hydroxyl groups is 1. The molecule has 4 aliphatic carbocycles. The highest BCUT2D eigenvalue weighted by Gasteiger charge is 2.71. The molecule has 4 rings (SSSR count). The average molecular weight is 304 g/mol. The molecular formula is C20H32O2. The highest BCUT2D eigenvalue weighted by atomic mass is 16.3. The van der Waals surface area contributed by atoms with Crippen LogP contribution in [0.5, 0.6) is 0 Å². The molecule has 0 heterocycles. The first-order valence-electron chi connectivity index (χ1n) is 9.29. The van der Waals surface area contributed by atoms with Gasteiger partial charge in [0.2, 0.25) is 0 Å². The Kier molecular flexibility index (Phi) is 2.75. The van der Waals surface area contributed by atoms with Crippen molar-refractivity contribution >= 4 is 5.78 Å². The second kappa shape index (κ2) is 3.99. The number of hydrogen-bond donors (Lipinski definition) is 1. The first kappa shape index (κ1) is 15.2. The summed E-state index contributed by atoms with van der Waals surface area (Å²) in [6.07, 6.45) is 3.01. The van der Waals surface area contributed by atoms with Gasteiger partial charge in [-0.15, -0.1) is 0 Å². The van der Waals surface area contributed by atoms with Crippen LogP contribution < -0.4 is 0 Å². The van der Waals surface area contributed by atoms with Crippen LogP contribution in [0.4, 0.5) is 0 Å². The molecule has 22 heavy (non-hydrogen) atoms. The van der Waals surface area contributed by atoms with Crippen LogP contribution in [-0.2, 0) is 4.79 Å². The second-order valence-electron chi connectivity index (χ2n) is 10.3. The molecule has 0 radical (unpaired) electrons. The van der Waals surface area contributed by atoms with Gasteiger partial charge < -0.3 is 5.11 Å². The van der Waals surface area contributed by atoms with E-state index in [0.29, 0.717) is 40.8 Å². The van der Waals surface area contributed by atoms with Gasteiger partial charge in [-0.2, -0.15) is 0 Å². The summed E-state index contributed by atoms with van der Waals surface area (Å²) in [6.45, 7) is 13.9. The zero-order chi connectivity index (χ0) is 16.2. The predicted molar refractivity (Wildman–Crippen MR) is 87.1 cm³/mol. The Morgan fingerprint density at radius 2 is 1.59 bits per heavy atom. The molecule has 4 fully saturated rings. The van der Waals surface area contributed by atoms with Crippen LogP contribution in [0.1, 0.15) is 60.8 Å². The third-order valence-corrected chi connectivity index (χ3v) is 9.44. The maximum atomic E-state index is 13.0. The number of fused-ring (bicyclic) bond motifs is 4. The zero-order valence-electron chi connectivity index (χ0n) is 15.0. The summed E-state index contributed by atoms with van der Waals surface area (Å²) in [5.41, 5.74) is -0.201. The van der Waals surface area contributed by atoms with E-state index >= 15 is 0 Å². The lowest BCUT2D eigenvalue weighted by Crippen LogP contribution is -2.57. The van der Waals surface area contributed by atoms with E-state index in [4.69, 9.17) is 0 Å². The fourth-order valence-electron chi connectivity index (χ4n) is 7.18. The third kappa shape index (κ3) is 1.45. The Morgan fingerprint density at radius 3 is 2.09 bits per heavy atom. The van der Waals surface area contributed by atoms with E-state index in [1.54, 1.807) is 0 Å². The molecule has 0 amide bonds. The SMILES string of the molecule is C[C@H]1[C@H]2C[C@H](C[C@]2(O)[C@@H]2C(=O)[C@@H]3C[C@H]2C(C)(C)[C@H]3C)C1(C)C. The molecular weight excluding hydrogens is 272 g/mol. The van der Waals surface area contributed by atoms with Crippen molar-refractivity contribution in [1.29, 1.82) is 0 Å². The van der Waals surface area contributed by atoms with Gasteiger partial charge in [-0.3, -0.25) is 4.79 Å². The van der Waals surface area contributed by atoms with Gasteiger partial charge in [0.25, 0.3) is 0 Å². The quantitative estimate of drug-likeness (QED) is 0.797. The van der Waals surface area contributed by atoms with Crippen molar-refractivity contribution in [2.24, 2.45) is 52.3 Å². The fourth-order valence-corrected chi connectivity index (χ4v) is 7.18. The molecule has 8 atom stereocenters. The Balaban J connectivity index is 1.71. The smallest absolute Gasteiger partial charge is 0.142 e. The van der Waals surface area contributed by atoms with Crippen LogP contribution in [-0.4, -0.2) is 16.5 Å². The standard InChI is InChI=1S/C20H32O2/c1-10-13-8-15(19(10,5)6)16(17(13)21)20(22)9-12-7-14(20)11(2)18(12,3)4/h10-16,22H,7-9H2,1-6H3/t10-,11-,12+,13+,14+,15+,16-,20+/m0/s1. The predicted octanol–water partition coefficient (Wildman–Crippen LogP) is 3.92. The monoisotopic (exact) mass is 304 g/mol. The second-order valence-corrected chi connectivity index (χ2v) is 10.3. The van der Waals surface area contributed by atoms with E-state index in [9.17, 15) is 9.90 Å². The normalized spacial score (nSPS) is 57.8. The summed E-state index contributed by atoms with van der Waals surface area (Å²) in [5.74, 6) is 2.81. The van der Waals surface area contributed by atoms with Crippen LogP contribution in [0.15, 0.2) is 0 Å². The minimum Gasteiger partial charge on any atom is -0.389 e. The summed E-state index contributed by atoms with van der Waals surface area (Å²) < 4.78 is 0. The van der Waals surface area contributed by atoms with E-state index in [0.717, 1.165) is 19.3 Å². The number of carbonyl (C=O) groups is 1. The molecule has 0 aromatic rings. The van der Waals surface area contributed by atoms with Gasteiger partial charge in [0.15, 0.2) is 0 Å². The Bertz CT molecular complexity index is 530. The molecule has 4 saturated carbocycles. The first-order chi connectivity index (χ1) is 10.0. The number of Topliss-reactive ketones (excluding diaryl/α,β-unsaturated/α-hetero) is 1. The van der Waals surface area contributed by atoms with Gasteiger partial charge in [0, 0.05) is 5.92 Å². The summed E-state index contributed by atoms with van der Waals surface area (Å²) in [4.78, 5) is 13.0. The van der Waals surface area contributed by atoms with Crippen molar-refractivity contribution < 1.29 is 9.90 Å². The van der Waals surface area contributed by atoms with Crippen LogP contribution in [0, 0.1) is 52.3 Å². The molecule has 0 unspecified atom stereocenters. The van der Waals surface area contributed by atoms with Crippen LogP contribution in [0.3, 0.4) is 0 Å². The molecule has 0 aliphatic heterocycles. The van der Waals surface area contributed by atoms with Crippen molar-refractivity contribution in [3.05, 3.63) is 0 Å². The molecule has 0 saturated heterocycles. The number of rotatable bonds is 1. The topological polar surface area (TPSA) is 37.3 Å². The van der Waals surface area contributed by atoms with Gasteiger partial charge in [0.05, 0.1) is 11.5 Å². The molecule has 4 bridgehead atoms. The lowest BCUT2D eigenvalue weighted by atomic mass is 9.55. The van der Waals surface area contributed by atoms with E-state index in [1.807, 2.05) is 0 Å². The lowest BCUT2D eigenvalue weighted by molar-refractivity contribution is -0.161. The Labute approximate surface area is 135 Å². The van der Waals surface area contributed by atoms with Gasteiger partial charge in [-0.1, -0.05) is 41.5 Å². The van der Waals surface area contributed by atoms with Crippen LogP contribution in [0.2, 0.25) is 0 Å². The zero-order valence-corrected chi connectivity index (χ0v) is 15.0. The molecule has 0 spiro atoms. The van der Waals surface area contributed by atoms with Crippen molar-refractivity contribution in [3.8, 4) is 0 Å². The molecule has 0 aromatic heterocycles. The average Bonchev–Trinajstić information content (AvgIpc) is 3.06. The Hall–Kier alpha value is -0.370. The van der Waals surface area contributed by atoms with Crippen LogP contribution in [0.25, 0.3) is 0 Å². The first-order valence-corrected chi connectivity index (χ1v) is 9.29. The minimum atomic E-state index is -0.715. The molecule has 124 valence electrons. The molecule has 1 N–H and O–H groups in total. The van der Waals surface area contributed by atoms with Gasteiger partial charge in [-0.25, -0.2) is 0 Å². The highest BCUT2D eigenvalue weighted by molar-refractivity contribution is 5.89. The van der Waals surface area contributed by atoms with Crippen molar-refractivity contribution in [2.75, 3.05) is 0 Å². The van der Waals surface area contributed by atoms with Crippen molar-refractivity contribution in [2.45, 2.75) is 66.4 Å². The molecule has 2 heteroatoms. The van der Waals surface area contributed by atoms with Crippen LogP contribution >= 0.6 is 0 Å². The van der Waals surface area contributed by atoms with E-state index in [-0.39, 0.29) is 17.3 Å². The van der Waals surface area contributed by atoms with Crippen molar-refractivity contribution in [3.63, 3.8) is 0 Å². The third-order valence-electron chi connectivity index (χ3n) is 9.44. The summed E-state index contributed by atoms with van der Waals surface area (Å²) in [7, 11) is 0. The maximum Gasteiger partial charge on any atom is 0.142 e. The summed E-state index contributed by atoms with van der Waals surface area (Å²) in [5, 5.41) is 11.7. The number of ketones is 1. The van der Waals surface area contributed by atoms with E-state index in [2.05, 4.69) is 41.5 Å². The Morgan fingerprint density at radius 1 is 0.955 bits per heavy atom. The number of carbonyl (C=O) groups excluding carboxylic acids is 1. The number of hydrogen-bond acceptors (Lipinski definition) is 2. The largest absolute Gasteiger partial charge is 0.389 e. The van der Waals surface area contributed by atoms with Gasteiger partial charge >= 0.3 is 0 Å². The van der Waals surface area contributed by atoms with E-state index in [1.165, 1.54) is 0 Å². The summed E-state index contributed by atoms with van der Waals surface area (Å²) in [6, 6.07) is 0. The molecule has 0 aromatic carbocycles. The fraction of sp³-hybridized carbons (Fsp3) is 0.950. The molecule has 4 aliphatic rings. The minimum absolute atomic E-state index is 0.0859. The summed E-state index contributed by atoms with van der Waals surface area (Å²) >= 11 is 0. The lowest BCUT2D eigenvalue weighted by Gasteiger charge is -2.52. The van der Waals surface area contributed by atoms with Gasteiger partial charge in [0.1, 0.15) is 5.78 Å². The van der Waals surface area contributed by atoms with Gasteiger partial charge in [-0.05, 0) is 59.7 Å². The van der Waals surface area contributed by atoms with E-state index < -0.39 is 5.60 Å². The van der Waals surface area contributed by atoms with Crippen molar-refractivity contribution in [1.82, 2.24) is 0 Å². The highest BCUT2D eigenvalue weighted by Crippen LogP contribution is 2.70. The maximum absolute atomic E-state index is 13.0. The molecule has 2 nitrogen and oxygen atoms in total.